The van der Waals surface area contributed by atoms with Crippen LogP contribution in [0.1, 0.15) is 11.1 Å². The van der Waals surface area contributed by atoms with E-state index in [1.165, 1.54) is 0 Å². The van der Waals surface area contributed by atoms with Gasteiger partial charge in [0.1, 0.15) is 5.75 Å². The third kappa shape index (κ3) is 6.96. The van der Waals surface area contributed by atoms with Gasteiger partial charge in [0.05, 0.1) is 13.2 Å². The van der Waals surface area contributed by atoms with E-state index in [0.29, 0.717) is 5.75 Å². The predicted octanol–water partition coefficient (Wildman–Crippen LogP) is 2.43. The molecule has 0 radical (unpaired) electrons. The van der Waals surface area contributed by atoms with Gasteiger partial charge < -0.3 is 20.1 Å². The number of rotatable bonds is 9. The number of anilines is 1. The van der Waals surface area contributed by atoms with Gasteiger partial charge >= 0.3 is 0 Å². The van der Waals surface area contributed by atoms with Gasteiger partial charge in [0.15, 0.2) is 6.61 Å². The maximum Gasteiger partial charge on any atom is 0.262 e. The zero-order valence-corrected chi connectivity index (χ0v) is 16.4. The summed E-state index contributed by atoms with van der Waals surface area (Å²) < 4.78 is 11.0. The van der Waals surface area contributed by atoms with Crippen molar-refractivity contribution in [1.82, 2.24) is 10.2 Å². The summed E-state index contributed by atoms with van der Waals surface area (Å²) >= 11 is 0. The second kappa shape index (κ2) is 10.8. The van der Waals surface area contributed by atoms with E-state index in [2.05, 4.69) is 21.6 Å². The van der Waals surface area contributed by atoms with Gasteiger partial charge in [0, 0.05) is 38.4 Å². The summed E-state index contributed by atoms with van der Waals surface area (Å²) in [5.74, 6) is 0.532. The Morgan fingerprint density at radius 1 is 1.14 bits per heavy atom. The number of hydrogen-bond donors (Lipinski definition) is 2. The third-order valence-electron chi connectivity index (χ3n) is 4.64. The molecule has 0 spiro atoms. The third-order valence-corrected chi connectivity index (χ3v) is 4.64. The lowest BCUT2D eigenvalue weighted by Crippen LogP contribution is -2.40. The molecule has 1 fully saturated rings. The van der Waals surface area contributed by atoms with Crippen LogP contribution < -0.4 is 15.4 Å². The van der Waals surface area contributed by atoms with Gasteiger partial charge in [-0.05, 0) is 36.8 Å². The highest BCUT2D eigenvalue weighted by atomic mass is 16.5. The van der Waals surface area contributed by atoms with E-state index in [9.17, 15) is 4.79 Å². The SMILES string of the molecule is Cc1ccc(NC(=O)COc2cccc(CNCCN3CCOCC3)c2)cc1. The van der Waals surface area contributed by atoms with E-state index in [1.807, 2.05) is 49.4 Å². The molecule has 0 aliphatic carbocycles. The monoisotopic (exact) mass is 383 g/mol. The first-order valence-corrected chi connectivity index (χ1v) is 9.78. The van der Waals surface area contributed by atoms with Gasteiger partial charge in [-0.1, -0.05) is 29.8 Å². The van der Waals surface area contributed by atoms with Crippen LogP contribution in [0.5, 0.6) is 5.75 Å². The summed E-state index contributed by atoms with van der Waals surface area (Å²) in [6.45, 7) is 8.42. The Balaban J connectivity index is 1.37. The topological polar surface area (TPSA) is 62.8 Å². The fourth-order valence-electron chi connectivity index (χ4n) is 3.02. The van der Waals surface area contributed by atoms with Crippen molar-refractivity contribution < 1.29 is 14.3 Å². The average molecular weight is 383 g/mol. The number of carbonyl (C=O) groups is 1. The number of aryl methyl sites for hydroxylation is 1. The van der Waals surface area contributed by atoms with E-state index < -0.39 is 0 Å². The molecular weight excluding hydrogens is 354 g/mol. The molecular formula is C22H29N3O3. The minimum atomic E-state index is -0.169. The van der Waals surface area contributed by atoms with Crippen LogP contribution in [0.2, 0.25) is 0 Å². The molecule has 2 aromatic carbocycles. The first kappa shape index (κ1) is 20.3. The molecule has 0 saturated carbocycles. The molecule has 1 heterocycles. The number of hydrogen-bond acceptors (Lipinski definition) is 5. The Bertz CT molecular complexity index is 743. The Morgan fingerprint density at radius 2 is 1.93 bits per heavy atom. The fraction of sp³-hybridized carbons (Fsp3) is 0.409. The van der Waals surface area contributed by atoms with Gasteiger partial charge in [-0.3, -0.25) is 9.69 Å². The molecule has 28 heavy (non-hydrogen) atoms. The van der Waals surface area contributed by atoms with Gasteiger partial charge in [-0.25, -0.2) is 0 Å². The summed E-state index contributed by atoms with van der Waals surface area (Å²) in [6.07, 6.45) is 0. The molecule has 0 aromatic heterocycles. The van der Waals surface area contributed by atoms with Crippen LogP contribution in [0.15, 0.2) is 48.5 Å². The zero-order chi connectivity index (χ0) is 19.6. The maximum absolute atomic E-state index is 12.1. The van der Waals surface area contributed by atoms with Crippen molar-refractivity contribution in [2.45, 2.75) is 13.5 Å². The van der Waals surface area contributed by atoms with Crippen molar-refractivity contribution in [2.24, 2.45) is 0 Å². The minimum absolute atomic E-state index is 0.0121. The lowest BCUT2D eigenvalue weighted by Gasteiger charge is -2.26. The van der Waals surface area contributed by atoms with Crippen LogP contribution in [0.25, 0.3) is 0 Å². The zero-order valence-electron chi connectivity index (χ0n) is 16.4. The summed E-state index contributed by atoms with van der Waals surface area (Å²) in [4.78, 5) is 14.5. The van der Waals surface area contributed by atoms with Crippen molar-refractivity contribution in [3.05, 3.63) is 59.7 Å². The van der Waals surface area contributed by atoms with Crippen molar-refractivity contribution in [3.8, 4) is 5.75 Å². The number of carbonyl (C=O) groups excluding carboxylic acids is 1. The number of nitrogens with zero attached hydrogens (tertiary/aromatic N) is 1. The Hall–Kier alpha value is -2.41. The summed E-state index contributed by atoms with van der Waals surface area (Å²) in [6, 6.07) is 15.6. The largest absolute Gasteiger partial charge is 0.484 e. The maximum atomic E-state index is 12.1. The van der Waals surface area contributed by atoms with Crippen molar-refractivity contribution in [2.75, 3.05) is 51.3 Å². The molecule has 2 aromatic rings. The van der Waals surface area contributed by atoms with Crippen LogP contribution in [0.3, 0.4) is 0 Å². The number of amides is 1. The Labute approximate surface area is 166 Å². The average Bonchev–Trinajstić information content (AvgIpc) is 2.73. The van der Waals surface area contributed by atoms with Crippen molar-refractivity contribution in [1.29, 1.82) is 0 Å². The minimum Gasteiger partial charge on any atom is -0.484 e. The molecule has 0 unspecified atom stereocenters. The fourth-order valence-corrected chi connectivity index (χ4v) is 3.02. The number of nitrogens with one attached hydrogen (secondary N) is 2. The smallest absolute Gasteiger partial charge is 0.262 e. The van der Waals surface area contributed by atoms with Crippen LogP contribution in [-0.2, 0) is 16.1 Å². The summed E-state index contributed by atoms with van der Waals surface area (Å²) in [7, 11) is 0. The molecule has 6 nitrogen and oxygen atoms in total. The van der Waals surface area contributed by atoms with Crippen LogP contribution in [0, 0.1) is 6.92 Å². The number of benzene rings is 2. The second-order valence-corrected chi connectivity index (χ2v) is 6.98. The lowest BCUT2D eigenvalue weighted by atomic mass is 10.2. The van der Waals surface area contributed by atoms with Crippen LogP contribution in [0.4, 0.5) is 5.69 Å². The molecule has 2 N–H and O–H groups in total. The molecule has 1 amide bonds. The molecule has 1 aliphatic rings. The number of morpholine rings is 1. The van der Waals surface area contributed by atoms with E-state index in [-0.39, 0.29) is 12.5 Å². The normalized spacial score (nSPS) is 14.6. The van der Waals surface area contributed by atoms with E-state index in [4.69, 9.17) is 9.47 Å². The lowest BCUT2D eigenvalue weighted by molar-refractivity contribution is -0.118. The molecule has 150 valence electrons. The molecule has 0 bridgehead atoms. The van der Waals surface area contributed by atoms with Crippen molar-refractivity contribution >= 4 is 11.6 Å². The quantitative estimate of drug-likeness (QED) is 0.651. The second-order valence-electron chi connectivity index (χ2n) is 6.98. The van der Waals surface area contributed by atoms with E-state index >= 15 is 0 Å². The highest BCUT2D eigenvalue weighted by molar-refractivity contribution is 5.91. The molecule has 1 saturated heterocycles. The van der Waals surface area contributed by atoms with E-state index in [1.54, 1.807) is 0 Å². The molecule has 3 rings (SSSR count). The standard InChI is InChI=1S/C22H29N3O3/c1-18-5-7-20(8-6-18)24-22(26)17-28-21-4-2-3-19(15-21)16-23-9-10-25-11-13-27-14-12-25/h2-8,15,23H,9-14,16-17H2,1H3,(H,24,26). The molecule has 1 aliphatic heterocycles. The van der Waals surface area contributed by atoms with Gasteiger partial charge in [0.25, 0.3) is 5.91 Å². The highest BCUT2D eigenvalue weighted by Crippen LogP contribution is 2.14. The van der Waals surface area contributed by atoms with Crippen LogP contribution in [-0.4, -0.2) is 56.8 Å². The van der Waals surface area contributed by atoms with Crippen LogP contribution >= 0.6 is 0 Å². The van der Waals surface area contributed by atoms with E-state index in [0.717, 1.165) is 62.8 Å². The first-order chi connectivity index (χ1) is 13.7. The first-order valence-electron chi connectivity index (χ1n) is 9.78. The molecule has 6 heteroatoms. The highest BCUT2D eigenvalue weighted by Gasteiger charge is 2.09. The summed E-state index contributed by atoms with van der Waals surface area (Å²) in [5.41, 5.74) is 3.07. The van der Waals surface area contributed by atoms with Gasteiger partial charge in [-0.15, -0.1) is 0 Å². The Kier molecular flexibility index (Phi) is 7.84. The van der Waals surface area contributed by atoms with Gasteiger partial charge in [0.2, 0.25) is 0 Å². The van der Waals surface area contributed by atoms with Crippen molar-refractivity contribution in [3.63, 3.8) is 0 Å². The Morgan fingerprint density at radius 3 is 2.71 bits per heavy atom. The number of ether oxygens (including phenoxy) is 2. The molecule has 0 atom stereocenters. The van der Waals surface area contributed by atoms with Gasteiger partial charge in [-0.2, -0.15) is 0 Å². The summed E-state index contributed by atoms with van der Waals surface area (Å²) in [5, 5.41) is 6.30. The predicted molar refractivity (Wildman–Crippen MR) is 111 cm³/mol.